The summed E-state index contributed by atoms with van der Waals surface area (Å²) in [6.45, 7) is 4.81. The average Bonchev–Trinajstić information content (AvgIpc) is 3.42. The molecule has 1 fully saturated rings. The van der Waals surface area contributed by atoms with E-state index in [4.69, 9.17) is 23.9 Å². The van der Waals surface area contributed by atoms with Crippen molar-refractivity contribution in [2.24, 2.45) is 7.05 Å². The van der Waals surface area contributed by atoms with Crippen LogP contribution in [0.25, 0.3) is 11.0 Å². The van der Waals surface area contributed by atoms with Crippen molar-refractivity contribution in [3.8, 4) is 11.5 Å². The van der Waals surface area contributed by atoms with E-state index in [1.807, 2.05) is 44.4 Å². The fraction of sp³-hybridized carbons (Fsp3) is 0.459. The van der Waals surface area contributed by atoms with Crippen LogP contribution in [-0.4, -0.2) is 86.6 Å². The van der Waals surface area contributed by atoms with Crippen molar-refractivity contribution in [1.29, 1.82) is 0 Å². The Bertz CT molecular complexity index is 1640. The molecule has 1 saturated heterocycles. The molecule has 0 radical (unpaired) electrons. The molecule has 0 spiro atoms. The van der Waals surface area contributed by atoms with E-state index in [1.165, 1.54) is 5.56 Å². The Hall–Kier alpha value is -4.12. The molecular formula is C37H47N5O5. The van der Waals surface area contributed by atoms with Crippen molar-refractivity contribution in [2.75, 3.05) is 59.0 Å². The summed E-state index contributed by atoms with van der Waals surface area (Å²) < 4.78 is 25.4. The first-order valence-electron chi connectivity index (χ1n) is 16.6. The molecule has 0 unspecified atom stereocenters. The van der Waals surface area contributed by atoms with Crippen LogP contribution in [0.5, 0.6) is 11.5 Å². The van der Waals surface area contributed by atoms with Gasteiger partial charge in [0.1, 0.15) is 23.9 Å². The van der Waals surface area contributed by atoms with Gasteiger partial charge in [0.2, 0.25) is 5.91 Å². The Labute approximate surface area is 277 Å². The number of amides is 1. The number of nitrogens with one attached hydrogen (secondary N) is 1. The van der Waals surface area contributed by atoms with Gasteiger partial charge < -0.3 is 38.6 Å². The van der Waals surface area contributed by atoms with Gasteiger partial charge in [0, 0.05) is 59.3 Å². The van der Waals surface area contributed by atoms with Gasteiger partial charge in [0.05, 0.1) is 49.6 Å². The fourth-order valence-corrected chi connectivity index (χ4v) is 6.75. The van der Waals surface area contributed by atoms with Gasteiger partial charge in [0.25, 0.3) is 0 Å². The highest BCUT2D eigenvalue weighted by Crippen LogP contribution is 2.35. The van der Waals surface area contributed by atoms with Gasteiger partial charge in [-0.1, -0.05) is 30.3 Å². The van der Waals surface area contributed by atoms with Gasteiger partial charge in [-0.3, -0.25) is 4.79 Å². The smallest absolute Gasteiger partial charge is 0.224 e. The lowest BCUT2D eigenvalue weighted by molar-refractivity contribution is -0.131. The first-order chi connectivity index (χ1) is 22.9. The molecule has 4 aromatic rings. The number of rotatable bonds is 13. The maximum atomic E-state index is 13.5. The molecule has 0 bridgehead atoms. The van der Waals surface area contributed by atoms with Crippen molar-refractivity contribution >= 4 is 22.6 Å². The van der Waals surface area contributed by atoms with Gasteiger partial charge >= 0.3 is 0 Å². The van der Waals surface area contributed by atoms with E-state index < -0.39 is 0 Å². The van der Waals surface area contributed by atoms with Gasteiger partial charge in [0.15, 0.2) is 0 Å². The molecule has 3 heterocycles. The monoisotopic (exact) mass is 641 g/mol. The topological polar surface area (TPSA) is 90.3 Å². The van der Waals surface area contributed by atoms with Gasteiger partial charge in [-0.2, -0.15) is 0 Å². The van der Waals surface area contributed by atoms with Crippen molar-refractivity contribution in [3.63, 3.8) is 0 Å². The third-order valence-electron chi connectivity index (χ3n) is 9.47. The molecule has 47 heavy (non-hydrogen) atoms. The number of para-hydroxylation sites is 2. The van der Waals surface area contributed by atoms with Crippen LogP contribution in [0.15, 0.2) is 66.7 Å². The normalized spacial score (nSPS) is 19.3. The van der Waals surface area contributed by atoms with E-state index in [1.54, 1.807) is 19.1 Å². The van der Waals surface area contributed by atoms with Gasteiger partial charge in [-0.15, -0.1) is 0 Å². The molecule has 10 nitrogen and oxygen atoms in total. The number of hydrogen-bond donors (Lipinski definition) is 1. The molecule has 3 atom stereocenters. The highest BCUT2D eigenvalue weighted by molar-refractivity contribution is 5.78. The van der Waals surface area contributed by atoms with Crippen molar-refractivity contribution < 1.29 is 23.7 Å². The van der Waals surface area contributed by atoms with Crippen LogP contribution in [0, 0.1) is 0 Å². The summed E-state index contributed by atoms with van der Waals surface area (Å²) in [7, 11) is 7.28. The molecule has 0 saturated carbocycles. The minimum atomic E-state index is -0.0578. The Balaban J connectivity index is 1.11. The van der Waals surface area contributed by atoms with E-state index in [0.29, 0.717) is 32.7 Å². The second kappa shape index (κ2) is 15.2. The second-order valence-electron chi connectivity index (χ2n) is 12.6. The first kappa shape index (κ1) is 32.8. The number of hydrogen-bond acceptors (Lipinski definition) is 8. The van der Waals surface area contributed by atoms with Crippen molar-refractivity contribution in [1.82, 2.24) is 19.8 Å². The lowest BCUT2D eigenvalue weighted by Gasteiger charge is -2.38. The number of benzene rings is 3. The maximum Gasteiger partial charge on any atom is 0.224 e. The Morgan fingerprint density at radius 3 is 2.72 bits per heavy atom. The molecular weight excluding hydrogens is 594 g/mol. The summed E-state index contributed by atoms with van der Waals surface area (Å²) in [6, 6.07) is 22.7. The van der Waals surface area contributed by atoms with Crippen molar-refractivity contribution in [3.05, 3.63) is 83.7 Å². The third-order valence-corrected chi connectivity index (χ3v) is 9.47. The number of aryl methyl sites for hydroxylation is 1. The zero-order chi connectivity index (χ0) is 32.8. The second-order valence-corrected chi connectivity index (χ2v) is 12.6. The van der Waals surface area contributed by atoms with Crippen LogP contribution in [0.2, 0.25) is 0 Å². The summed E-state index contributed by atoms with van der Waals surface area (Å²) in [5.74, 6) is 2.82. The number of fused-ring (bicyclic) bond motifs is 2. The number of nitrogens with zero attached hydrogens (tertiary/aromatic N) is 4. The average molecular weight is 642 g/mol. The molecule has 2 aliphatic rings. The van der Waals surface area contributed by atoms with Crippen LogP contribution >= 0.6 is 0 Å². The summed E-state index contributed by atoms with van der Waals surface area (Å²) >= 11 is 0. The van der Waals surface area contributed by atoms with Gasteiger partial charge in [-0.05, 0) is 60.4 Å². The molecule has 2 aliphatic heterocycles. The molecule has 1 amide bonds. The Morgan fingerprint density at radius 1 is 1.11 bits per heavy atom. The quantitative estimate of drug-likeness (QED) is 0.207. The minimum absolute atomic E-state index is 0.0268. The summed E-state index contributed by atoms with van der Waals surface area (Å²) in [4.78, 5) is 22.4. The number of imidazole rings is 1. The molecule has 250 valence electrons. The Kier molecular flexibility index (Phi) is 10.6. The largest absolute Gasteiger partial charge is 0.497 e. The summed E-state index contributed by atoms with van der Waals surface area (Å²) in [5.41, 5.74) is 5.42. The number of methoxy groups -OCH3 is 2. The predicted octanol–water partition coefficient (Wildman–Crippen LogP) is 4.90. The molecule has 3 aromatic carbocycles. The molecule has 6 rings (SSSR count). The highest BCUT2D eigenvalue weighted by Gasteiger charge is 2.34. The van der Waals surface area contributed by atoms with Gasteiger partial charge in [-0.25, -0.2) is 4.98 Å². The number of piperidine rings is 1. The zero-order valence-electron chi connectivity index (χ0n) is 28.0. The fourth-order valence-electron chi connectivity index (χ4n) is 6.75. The van der Waals surface area contributed by atoms with E-state index in [-0.39, 0.29) is 24.0 Å². The maximum absolute atomic E-state index is 13.5. The number of aromatic nitrogens is 2. The number of ether oxygens (including phenoxy) is 4. The summed E-state index contributed by atoms with van der Waals surface area (Å²) in [6.07, 6.45) is 2.10. The lowest BCUT2D eigenvalue weighted by Crippen LogP contribution is -2.48. The third kappa shape index (κ3) is 7.72. The predicted molar refractivity (Wildman–Crippen MR) is 183 cm³/mol. The highest BCUT2D eigenvalue weighted by atomic mass is 16.5. The van der Waals surface area contributed by atoms with E-state index in [9.17, 15) is 4.79 Å². The molecule has 1 N–H and O–H groups in total. The van der Waals surface area contributed by atoms with E-state index >= 15 is 0 Å². The standard InChI is InChI=1S/C37H47N5O5/c1-40(24-36-39-31-8-5-6-9-32(31)41(36)2)37(43)22-28-21-30(27-11-13-29(45-4)14-12-27)35(23-38-28)47-25-26-10-15-34-33(20-26)42(17-19-46-34)16-7-18-44-3/h5-6,8-15,20,28,30,35,38H,7,16-19,21-25H2,1-4H3/t28-,30+,35-/m0/s1. The number of carbonyl (C=O) groups excluding carboxylic acids is 1. The Morgan fingerprint density at radius 2 is 1.94 bits per heavy atom. The van der Waals surface area contributed by atoms with Crippen LogP contribution in [0.3, 0.4) is 0 Å². The number of anilines is 1. The summed E-state index contributed by atoms with van der Waals surface area (Å²) in [5, 5.41) is 3.64. The minimum Gasteiger partial charge on any atom is -0.497 e. The zero-order valence-corrected chi connectivity index (χ0v) is 28.0. The molecule has 10 heteroatoms. The lowest BCUT2D eigenvalue weighted by atomic mass is 9.83. The SMILES string of the molecule is COCCCN1CCOc2ccc(CO[C@H]3CN[C@H](CC(=O)N(C)Cc4nc5ccccc5n4C)C[C@@H]3c3ccc(OC)cc3)cc21. The first-order valence-corrected chi connectivity index (χ1v) is 16.6. The molecule has 0 aliphatic carbocycles. The van der Waals surface area contributed by atoms with Crippen LogP contribution in [0.1, 0.15) is 42.1 Å². The van der Waals surface area contributed by atoms with Crippen LogP contribution in [0.4, 0.5) is 5.69 Å². The van der Waals surface area contributed by atoms with E-state index in [2.05, 4.69) is 51.2 Å². The van der Waals surface area contributed by atoms with Crippen molar-refractivity contribution in [2.45, 2.75) is 50.5 Å². The van der Waals surface area contributed by atoms with E-state index in [0.717, 1.165) is 72.1 Å². The van der Waals surface area contributed by atoms with Crippen LogP contribution < -0.4 is 19.7 Å². The number of carbonyl (C=O) groups is 1. The van der Waals surface area contributed by atoms with Crippen LogP contribution in [-0.2, 0) is 34.5 Å². The molecule has 1 aromatic heterocycles.